The Balaban J connectivity index is 2.49. The highest BCUT2D eigenvalue weighted by atomic mass is 16.5. The molecule has 1 aliphatic carbocycles. The Morgan fingerprint density at radius 2 is 2.12 bits per heavy atom. The van der Waals surface area contributed by atoms with Gasteiger partial charge in [-0.1, -0.05) is 50.5 Å². The molecule has 0 aromatic carbocycles. The molecule has 0 saturated heterocycles. The van der Waals surface area contributed by atoms with Crippen LogP contribution in [0.5, 0.6) is 0 Å². The number of aliphatic hydroxyl groups is 1. The van der Waals surface area contributed by atoms with Crippen LogP contribution in [0.2, 0.25) is 0 Å². The second-order valence-electron chi connectivity index (χ2n) is 6.71. The van der Waals surface area contributed by atoms with Gasteiger partial charge in [-0.25, -0.2) is 0 Å². The quantitative estimate of drug-likeness (QED) is 0.362. The van der Waals surface area contributed by atoms with Crippen molar-refractivity contribution in [3.8, 4) is 0 Å². The average molecular weight is 350 g/mol. The van der Waals surface area contributed by atoms with Crippen molar-refractivity contribution < 1.29 is 19.7 Å². The van der Waals surface area contributed by atoms with Crippen LogP contribution in [0.1, 0.15) is 71.1 Å². The molecular weight excluding hydrogens is 316 g/mol. The van der Waals surface area contributed by atoms with Gasteiger partial charge in [0, 0.05) is 18.8 Å². The molecule has 2 N–H and O–H groups in total. The molecule has 0 amide bonds. The fraction of sp³-hybridized carbons (Fsp3) is 0.667. The summed E-state index contributed by atoms with van der Waals surface area (Å²) in [4.78, 5) is 10.5. The average Bonchev–Trinajstić information content (AvgIpc) is 2.98. The van der Waals surface area contributed by atoms with E-state index in [-0.39, 0.29) is 12.5 Å². The summed E-state index contributed by atoms with van der Waals surface area (Å²) in [5.41, 5.74) is 1.29. The van der Waals surface area contributed by atoms with Gasteiger partial charge in [-0.2, -0.15) is 0 Å². The van der Waals surface area contributed by atoms with Gasteiger partial charge in [-0.05, 0) is 37.7 Å². The Kier molecular flexibility index (Phi) is 11.0. The van der Waals surface area contributed by atoms with Crippen molar-refractivity contribution in [1.29, 1.82) is 0 Å². The number of methoxy groups -OCH3 is 1. The molecule has 4 nitrogen and oxygen atoms in total. The minimum absolute atomic E-state index is 0.220. The topological polar surface area (TPSA) is 66.8 Å². The van der Waals surface area contributed by atoms with E-state index in [1.807, 2.05) is 6.08 Å². The molecule has 4 heteroatoms. The van der Waals surface area contributed by atoms with E-state index in [2.05, 4.69) is 25.2 Å². The predicted molar refractivity (Wildman–Crippen MR) is 101 cm³/mol. The SMILES string of the molecule is CCCCCC(O)C=C[C@H]1CCC(OC)=C1CC=CCCCC(=O)O. The van der Waals surface area contributed by atoms with E-state index in [4.69, 9.17) is 9.84 Å². The molecule has 0 heterocycles. The van der Waals surface area contributed by atoms with Crippen LogP contribution in [0, 0.1) is 5.92 Å². The van der Waals surface area contributed by atoms with Gasteiger partial charge in [0.25, 0.3) is 0 Å². The first-order valence-corrected chi connectivity index (χ1v) is 9.57. The second kappa shape index (κ2) is 12.8. The third kappa shape index (κ3) is 8.92. The number of rotatable bonds is 13. The van der Waals surface area contributed by atoms with Crippen LogP contribution >= 0.6 is 0 Å². The smallest absolute Gasteiger partial charge is 0.303 e. The van der Waals surface area contributed by atoms with E-state index in [0.29, 0.717) is 12.3 Å². The van der Waals surface area contributed by atoms with Crippen molar-refractivity contribution in [2.75, 3.05) is 7.11 Å². The van der Waals surface area contributed by atoms with E-state index in [1.165, 1.54) is 18.4 Å². The zero-order valence-corrected chi connectivity index (χ0v) is 15.7. The maximum absolute atomic E-state index is 10.5. The zero-order valence-electron chi connectivity index (χ0n) is 15.7. The molecular formula is C21H34O4. The molecule has 2 atom stereocenters. The lowest BCUT2D eigenvalue weighted by Crippen LogP contribution is -2.04. The number of carbonyl (C=O) groups is 1. The van der Waals surface area contributed by atoms with Gasteiger partial charge in [0.15, 0.2) is 0 Å². The summed E-state index contributed by atoms with van der Waals surface area (Å²) in [7, 11) is 1.72. The minimum Gasteiger partial charge on any atom is -0.501 e. The molecule has 1 aliphatic rings. The van der Waals surface area contributed by atoms with E-state index in [9.17, 15) is 9.90 Å². The first kappa shape index (κ1) is 21.5. The van der Waals surface area contributed by atoms with E-state index >= 15 is 0 Å². The lowest BCUT2D eigenvalue weighted by atomic mass is 9.96. The maximum Gasteiger partial charge on any atom is 0.303 e. The number of hydrogen-bond donors (Lipinski definition) is 2. The van der Waals surface area contributed by atoms with E-state index in [0.717, 1.165) is 44.3 Å². The molecule has 0 aromatic heterocycles. The van der Waals surface area contributed by atoms with Crippen molar-refractivity contribution in [3.63, 3.8) is 0 Å². The summed E-state index contributed by atoms with van der Waals surface area (Å²) in [5, 5.41) is 18.7. The Morgan fingerprint density at radius 3 is 2.80 bits per heavy atom. The summed E-state index contributed by atoms with van der Waals surface area (Å²) < 4.78 is 5.52. The van der Waals surface area contributed by atoms with Crippen molar-refractivity contribution in [2.24, 2.45) is 5.92 Å². The Labute approximate surface area is 152 Å². The van der Waals surface area contributed by atoms with Gasteiger partial charge in [-0.15, -0.1) is 0 Å². The van der Waals surface area contributed by atoms with Gasteiger partial charge in [0.05, 0.1) is 19.0 Å². The van der Waals surface area contributed by atoms with Gasteiger partial charge < -0.3 is 14.9 Å². The molecule has 0 spiro atoms. The van der Waals surface area contributed by atoms with Crippen LogP contribution in [0.4, 0.5) is 0 Å². The first-order valence-electron chi connectivity index (χ1n) is 9.57. The summed E-state index contributed by atoms with van der Waals surface area (Å²) in [6.45, 7) is 2.17. The fourth-order valence-electron chi connectivity index (χ4n) is 3.20. The fourth-order valence-corrected chi connectivity index (χ4v) is 3.20. The van der Waals surface area contributed by atoms with Crippen molar-refractivity contribution in [3.05, 3.63) is 35.6 Å². The zero-order chi connectivity index (χ0) is 18.5. The van der Waals surface area contributed by atoms with E-state index < -0.39 is 5.97 Å². The molecule has 0 aliphatic heterocycles. The third-order valence-electron chi connectivity index (χ3n) is 4.67. The highest BCUT2D eigenvalue weighted by molar-refractivity contribution is 5.66. The molecule has 1 rings (SSSR count). The van der Waals surface area contributed by atoms with Gasteiger partial charge in [-0.3, -0.25) is 4.79 Å². The Morgan fingerprint density at radius 1 is 1.32 bits per heavy atom. The lowest BCUT2D eigenvalue weighted by molar-refractivity contribution is -0.137. The molecule has 0 fully saturated rings. The Hall–Kier alpha value is -1.55. The largest absolute Gasteiger partial charge is 0.501 e. The molecule has 1 unspecified atom stereocenters. The number of ether oxygens (including phenoxy) is 1. The minimum atomic E-state index is -0.740. The van der Waals surface area contributed by atoms with Crippen LogP contribution in [0.25, 0.3) is 0 Å². The lowest BCUT2D eigenvalue weighted by Gasteiger charge is -2.11. The number of carboxylic acid groups (broad SMARTS) is 1. The number of aliphatic hydroxyl groups excluding tert-OH is 1. The van der Waals surface area contributed by atoms with Crippen LogP contribution in [-0.4, -0.2) is 29.4 Å². The van der Waals surface area contributed by atoms with Gasteiger partial charge in [0.2, 0.25) is 0 Å². The summed E-state index contributed by atoms with van der Waals surface area (Å²) >= 11 is 0. The second-order valence-corrected chi connectivity index (χ2v) is 6.71. The van der Waals surface area contributed by atoms with Crippen LogP contribution in [0.3, 0.4) is 0 Å². The molecule has 142 valence electrons. The first-order chi connectivity index (χ1) is 12.1. The van der Waals surface area contributed by atoms with Crippen molar-refractivity contribution in [2.45, 2.75) is 77.2 Å². The highest BCUT2D eigenvalue weighted by Gasteiger charge is 2.23. The summed E-state index contributed by atoms with van der Waals surface area (Å²) in [6, 6.07) is 0. The molecule has 0 bridgehead atoms. The molecule has 0 radical (unpaired) electrons. The maximum atomic E-state index is 10.5. The standard InChI is InChI=1S/C21H34O4/c1-3-4-7-10-18(22)15-13-17-14-16-20(25-2)19(17)11-8-5-6-9-12-21(23)24/h5,8,13,15,17-18,22H,3-4,6-7,9-12,14,16H2,1-2H3,(H,23,24)/t17-,18?/m0/s1. The summed E-state index contributed by atoms with van der Waals surface area (Å²) in [5.74, 6) is 0.654. The monoisotopic (exact) mass is 350 g/mol. The normalized spacial score (nSPS) is 19.2. The van der Waals surface area contributed by atoms with Gasteiger partial charge >= 0.3 is 5.97 Å². The van der Waals surface area contributed by atoms with Crippen LogP contribution in [0.15, 0.2) is 35.6 Å². The van der Waals surface area contributed by atoms with E-state index in [1.54, 1.807) is 7.11 Å². The number of carboxylic acids is 1. The number of hydrogen-bond acceptors (Lipinski definition) is 3. The van der Waals surface area contributed by atoms with Crippen LogP contribution < -0.4 is 0 Å². The number of unbranched alkanes of at least 4 members (excludes halogenated alkanes) is 3. The van der Waals surface area contributed by atoms with Crippen molar-refractivity contribution >= 4 is 5.97 Å². The number of allylic oxidation sites excluding steroid dienone is 5. The van der Waals surface area contributed by atoms with Gasteiger partial charge in [0.1, 0.15) is 0 Å². The molecule has 0 saturated carbocycles. The van der Waals surface area contributed by atoms with Crippen LogP contribution in [-0.2, 0) is 9.53 Å². The molecule has 25 heavy (non-hydrogen) atoms. The van der Waals surface area contributed by atoms with Crippen molar-refractivity contribution in [1.82, 2.24) is 0 Å². The Bertz CT molecular complexity index is 476. The molecule has 0 aromatic rings. The predicted octanol–water partition coefficient (Wildman–Crippen LogP) is 5.00. The third-order valence-corrected chi connectivity index (χ3v) is 4.67. The number of aliphatic carboxylic acids is 1. The summed E-state index contributed by atoms with van der Waals surface area (Å²) in [6.07, 6.45) is 16.6. The highest BCUT2D eigenvalue weighted by Crippen LogP contribution is 2.35.